The number of hydrogen-bond donors (Lipinski definition) is 1. The fourth-order valence-electron chi connectivity index (χ4n) is 1.55. The second-order valence-corrected chi connectivity index (χ2v) is 6.86. The van der Waals surface area contributed by atoms with Gasteiger partial charge in [0.25, 0.3) is 0 Å². The summed E-state index contributed by atoms with van der Waals surface area (Å²) < 4.78 is 26.9. The van der Waals surface area contributed by atoms with Gasteiger partial charge in [0.2, 0.25) is 10.0 Å². The first kappa shape index (κ1) is 13.5. The van der Waals surface area contributed by atoms with Crippen LogP contribution in [-0.2, 0) is 10.0 Å². The molecule has 0 saturated carbocycles. The molecule has 96 valence electrons. The number of thiophene rings is 1. The second kappa shape index (κ2) is 5.40. The fourth-order valence-corrected chi connectivity index (χ4v) is 4.11. The van der Waals surface area contributed by atoms with Gasteiger partial charge in [-0.2, -0.15) is 0 Å². The highest BCUT2D eigenvalue weighted by molar-refractivity contribution is 7.89. The van der Waals surface area contributed by atoms with Crippen molar-refractivity contribution < 1.29 is 8.42 Å². The molecule has 0 spiro atoms. The number of benzene rings is 1. The first-order valence-electron chi connectivity index (χ1n) is 5.31. The molecular formula is C12H12ClNO2S2. The quantitative estimate of drug-likeness (QED) is 0.940. The van der Waals surface area contributed by atoms with Crippen molar-refractivity contribution in [1.82, 2.24) is 4.72 Å². The Hall–Kier alpha value is -0.880. The number of nitrogens with one attached hydrogen (secondary N) is 1. The van der Waals surface area contributed by atoms with Crippen LogP contribution in [0.1, 0.15) is 17.8 Å². The summed E-state index contributed by atoms with van der Waals surface area (Å²) in [5, 5.41) is 2.14. The van der Waals surface area contributed by atoms with Gasteiger partial charge >= 0.3 is 0 Å². The monoisotopic (exact) mass is 301 g/mol. The largest absolute Gasteiger partial charge is 0.242 e. The van der Waals surface area contributed by atoms with E-state index in [0.717, 1.165) is 4.88 Å². The molecule has 1 aromatic heterocycles. The number of hydrogen-bond acceptors (Lipinski definition) is 3. The van der Waals surface area contributed by atoms with Gasteiger partial charge in [0.1, 0.15) is 4.90 Å². The zero-order chi connectivity index (χ0) is 13.2. The third kappa shape index (κ3) is 2.92. The van der Waals surface area contributed by atoms with Gasteiger partial charge in [-0.3, -0.25) is 0 Å². The van der Waals surface area contributed by atoms with Crippen molar-refractivity contribution in [2.24, 2.45) is 0 Å². The molecule has 3 nitrogen and oxygen atoms in total. The van der Waals surface area contributed by atoms with E-state index in [-0.39, 0.29) is 16.0 Å². The van der Waals surface area contributed by atoms with E-state index in [1.54, 1.807) is 25.1 Å². The summed E-state index contributed by atoms with van der Waals surface area (Å²) in [6.07, 6.45) is 0. The summed E-state index contributed by atoms with van der Waals surface area (Å²) in [7, 11) is -3.59. The van der Waals surface area contributed by atoms with E-state index in [0.29, 0.717) is 0 Å². The highest BCUT2D eigenvalue weighted by Crippen LogP contribution is 2.24. The molecule has 0 aliphatic rings. The Morgan fingerprint density at radius 1 is 1.22 bits per heavy atom. The zero-order valence-corrected chi connectivity index (χ0v) is 12.0. The predicted molar refractivity (Wildman–Crippen MR) is 74.5 cm³/mol. The van der Waals surface area contributed by atoms with E-state index >= 15 is 0 Å². The van der Waals surface area contributed by atoms with Gasteiger partial charge in [0.05, 0.1) is 11.1 Å². The van der Waals surface area contributed by atoms with Gasteiger partial charge in [-0.25, -0.2) is 13.1 Å². The summed E-state index contributed by atoms with van der Waals surface area (Å²) in [5.41, 5.74) is 0. The first-order chi connectivity index (χ1) is 8.50. The summed E-state index contributed by atoms with van der Waals surface area (Å²) in [5.74, 6) is 0. The molecule has 2 rings (SSSR count). The van der Waals surface area contributed by atoms with Crippen molar-refractivity contribution >= 4 is 33.0 Å². The van der Waals surface area contributed by atoms with Gasteiger partial charge in [0, 0.05) is 4.88 Å². The van der Waals surface area contributed by atoms with E-state index in [4.69, 9.17) is 11.6 Å². The second-order valence-electron chi connectivity index (χ2n) is 3.79. The predicted octanol–water partition coefficient (Wildman–Crippen LogP) is 3.44. The average Bonchev–Trinajstić information content (AvgIpc) is 2.82. The van der Waals surface area contributed by atoms with Crippen molar-refractivity contribution in [3.63, 3.8) is 0 Å². The Morgan fingerprint density at radius 2 is 1.94 bits per heavy atom. The topological polar surface area (TPSA) is 46.2 Å². The maximum Gasteiger partial charge on any atom is 0.242 e. The third-order valence-corrected chi connectivity index (χ3v) is 5.52. The maximum absolute atomic E-state index is 12.2. The summed E-state index contributed by atoms with van der Waals surface area (Å²) >= 11 is 7.41. The molecule has 1 N–H and O–H groups in total. The maximum atomic E-state index is 12.2. The Balaban J connectivity index is 2.26. The van der Waals surface area contributed by atoms with Crippen LogP contribution in [0.3, 0.4) is 0 Å². The highest BCUT2D eigenvalue weighted by Gasteiger charge is 2.20. The molecule has 1 atom stereocenters. The van der Waals surface area contributed by atoms with Gasteiger partial charge < -0.3 is 0 Å². The lowest BCUT2D eigenvalue weighted by molar-refractivity contribution is 0.568. The molecule has 18 heavy (non-hydrogen) atoms. The number of sulfonamides is 1. The van der Waals surface area contributed by atoms with E-state index in [9.17, 15) is 8.42 Å². The smallest absolute Gasteiger partial charge is 0.207 e. The lowest BCUT2D eigenvalue weighted by atomic mass is 10.3. The lowest BCUT2D eigenvalue weighted by Gasteiger charge is -2.13. The van der Waals surface area contributed by atoms with Crippen LogP contribution in [0.5, 0.6) is 0 Å². The van der Waals surface area contributed by atoms with Crippen molar-refractivity contribution in [2.75, 3.05) is 0 Å². The van der Waals surface area contributed by atoms with Gasteiger partial charge in [0.15, 0.2) is 0 Å². The molecular weight excluding hydrogens is 290 g/mol. The van der Waals surface area contributed by atoms with Crippen LogP contribution >= 0.6 is 22.9 Å². The summed E-state index contributed by atoms with van der Waals surface area (Å²) in [6.45, 7) is 1.81. The Kier molecular flexibility index (Phi) is 4.07. The van der Waals surface area contributed by atoms with Gasteiger partial charge in [-0.05, 0) is 30.5 Å². The van der Waals surface area contributed by atoms with Crippen molar-refractivity contribution in [3.8, 4) is 0 Å². The molecule has 1 unspecified atom stereocenters. The molecule has 1 aromatic carbocycles. The molecule has 0 amide bonds. The normalized spacial score (nSPS) is 13.4. The average molecular weight is 302 g/mol. The van der Waals surface area contributed by atoms with Crippen molar-refractivity contribution in [2.45, 2.75) is 17.9 Å². The van der Waals surface area contributed by atoms with Crippen LogP contribution in [0.4, 0.5) is 0 Å². The SMILES string of the molecule is CC(NS(=O)(=O)c1ccccc1Cl)c1cccs1. The minimum absolute atomic E-state index is 0.107. The standard InChI is InChI=1S/C12H12ClNO2S2/c1-9(11-6-4-8-17-11)14-18(15,16)12-7-3-2-5-10(12)13/h2-9,14H,1H3. The van der Waals surface area contributed by atoms with Crippen LogP contribution in [0.2, 0.25) is 5.02 Å². The summed E-state index contributed by atoms with van der Waals surface area (Å²) in [6, 6.07) is 9.91. The molecule has 0 aliphatic heterocycles. The van der Waals surface area contributed by atoms with Gasteiger partial charge in [-0.15, -0.1) is 11.3 Å². The van der Waals surface area contributed by atoms with Crippen LogP contribution in [0.25, 0.3) is 0 Å². The van der Waals surface area contributed by atoms with E-state index in [1.165, 1.54) is 17.4 Å². The Bertz CT molecular complexity index is 623. The summed E-state index contributed by atoms with van der Waals surface area (Å²) in [4.78, 5) is 1.07. The van der Waals surface area contributed by atoms with Crippen molar-refractivity contribution in [1.29, 1.82) is 0 Å². The molecule has 0 aliphatic carbocycles. The third-order valence-electron chi connectivity index (χ3n) is 2.43. The molecule has 6 heteroatoms. The molecule has 0 fully saturated rings. The molecule has 0 bridgehead atoms. The van der Waals surface area contributed by atoms with E-state index in [2.05, 4.69) is 4.72 Å². The lowest BCUT2D eigenvalue weighted by Crippen LogP contribution is -2.26. The zero-order valence-electron chi connectivity index (χ0n) is 9.63. The molecule has 0 radical (unpaired) electrons. The first-order valence-corrected chi connectivity index (χ1v) is 8.05. The van der Waals surface area contributed by atoms with E-state index in [1.807, 2.05) is 17.5 Å². The fraction of sp³-hybridized carbons (Fsp3) is 0.167. The van der Waals surface area contributed by atoms with E-state index < -0.39 is 10.0 Å². The van der Waals surface area contributed by atoms with Crippen molar-refractivity contribution in [3.05, 3.63) is 51.7 Å². The minimum atomic E-state index is -3.59. The molecule has 0 saturated heterocycles. The molecule has 2 aromatic rings. The Labute approximate surface area is 115 Å². The Morgan fingerprint density at radius 3 is 2.56 bits per heavy atom. The number of rotatable bonds is 4. The van der Waals surface area contributed by atoms with Crippen LogP contribution in [-0.4, -0.2) is 8.42 Å². The van der Waals surface area contributed by atoms with Crippen LogP contribution in [0, 0.1) is 0 Å². The van der Waals surface area contributed by atoms with Gasteiger partial charge in [-0.1, -0.05) is 29.8 Å². The van der Waals surface area contributed by atoms with Crippen LogP contribution < -0.4 is 4.72 Å². The number of halogens is 1. The molecule has 1 heterocycles. The minimum Gasteiger partial charge on any atom is -0.207 e. The highest BCUT2D eigenvalue weighted by atomic mass is 35.5. The van der Waals surface area contributed by atoms with Crippen LogP contribution in [0.15, 0.2) is 46.7 Å².